The molecule has 1 aromatic carbocycles. The Kier molecular flexibility index (Phi) is 6.31. The number of nitrogens with zero attached hydrogens (tertiary/aromatic N) is 2. The first-order valence-corrected chi connectivity index (χ1v) is 9.95. The van der Waals surface area contributed by atoms with E-state index >= 15 is 0 Å². The molecule has 164 valence electrons. The summed E-state index contributed by atoms with van der Waals surface area (Å²) < 4.78 is 4.79. The zero-order valence-corrected chi connectivity index (χ0v) is 18.4. The molecule has 1 saturated heterocycles. The van der Waals surface area contributed by atoms with Crippen LogP contribution in [0.5, 0.6) is 0 Å². The standard InChI is InChI=1S/C23H27N3O5/c1-13-16(14(2)24-18(13)23(30)31-5)20(27)17-19(15-9-7-6-8-10-15)26(12-11-25(3)4)22(29)21(17)28/h6-10,19,24,27H,11-12H2,1-5H3/b20-17+/t19-/m0/s1. The van der Waals surface area contributed by atoms with Gasteiger partial charge >= 0.3 is 5.97 Å². The maximum atomic E-state index is 13.1. The van der Waals surface area contributed by atoms with Crippen LogP contribution in [0.25, 0.3) is 5.76 Å². The van der Waals surface area contributed by atoms with Gasteiger partial charge < -0.3 is 24.6 Å². The quantitative estimate of drug-likeness (QED) is 0.319. The maximum Gasteiger partial charge on any atom is 0.354 e. The normalized spacial score (nSPS) is 18.1. The molecule has 3 rings (SSSR count). The van der Waals surface area contributed by atoms with Crippen molar-refractivity contribution >= 4 is 23.4 Å². The number of aliphatic hydroxyl groups is 1. The van der Waals surface area contributed by atoms with Gasteiger partial charge in [0.05, 0.1) is 18.7 Å². The van der Waals surface area contributed by atoms with Crippen molar-refractivity contribution < 1.29 is 24.2 Å². The zero-order chi connectivity index (χ0) is 22.9. The second-order valence-electron chi connectivity index (χ2n) is 7.82. The third-order valence-corrected chi connectivity index (χ3v) is 5.51. The minimum atomic E-state index is -0.746. The number of amides is 1. The highest BCUT2D eigenvalue weighted by molar-refractivity contribution is 6.46. The van der Waals surface area contributed by atoms with Gasteiger partial charge in [0.1, 0.15) is 11.5 Å². The zero-order valence-electron chi connectivity index (χ0n) is 18.4. The van der Waals surface area contributed by atoms with E-state index in [9.17, 15) is 19.5 Å². The second kappa shape index (κ2) is 8.77. The van der Waals surface area contributed by atoms with E-state index in [4.69, 9.17) is 4.74 Å². The van der Waals surface area contributed by atoms with Gasteiger partial charge in [-0.05, 0) is 39.1 Å². The summed E-state index contributed by atoms with van der Waals surface area (Å²) in [6.45, 7) is 4.23. The molecule has 2 aromatic rings. The van der Waals surface area contributed by atoms with Crippen molar-refractivity contribution in [1.29, 1.82) is 0 Å². The van der Waals surface area contributed by atoms with Crippen LogP contribution in [0, 0.1) is 13.8 Å². The number of methoxy groups -OCH3 is 1. The first-order chi connectivity index (χ1) is 14.7. The highest BCUT2D eigenvalue weighted by atomic mass is 16.5. The lowest BCUT2D eigenvalue weighted by Crippen LogP contribution is -2.35. The minimum absolute atomic E-state index is 0.0107. The first-order valence-electron chi connectivity index (χ1n) is 9.95. The van der Waals surface area contributed by atoms with Crippen LogP contribution in [-0.4, -0.2) is 71.8 Å². The third kappa shape index (κ3) is 3.98. The minimum Gasteiger partial charge on any atom is -0.507 e. The number of ether oxygens (including phenoxy) is 1. The molecule has 1 atom stereocenters. The molecule has 0 spiro atoms. The van der Waals surface area contributed by atoms with Gasteiger partial charge in [-0.25, -0.2) is 4.79 Å². The summed E-state index contributed by atoms with van der Waals surface area (Å²) >= 11 is 0. The molecule has 31 heavy (non-hydrogen) atoms. The molecule has 2 N–H and O–H groups in total. The summed E-state index contributed by atoms with van der Waals surface area (Å²) in [4.78, 5) is 44.3. The molecule has 2 heterocycles. The van der Waals surface area contributed by atoms with Crippen molar-refractivity contribution in [3.8, 4) is 0 Å². The Hall–Kier alpha value is -3.39. The fourth-order valence-electron chi connectivity index (χ4n) is 3.95. The molecule has 0 bridgehead atoms. The number of esters is 1. The van der Waals surface area contributed by atoms with Crippen molar-refractivity contribution in [3.63, 3.8) is 0 Å². The first kappa shape index (κ1) is 22.3. The monoisotopic (exact) mass is 425 g/mol. The molecule has 1 amide bonds. The maximum absolute atomic E-state index is 13.1. The molecule has 0 aliphatic carbocycles. The number of benzene rings is 1. The number of rotatable bonds is 6. The van der Waals surface area contributed by atoms with Crippen molar-refractivity contribution in [3.05, 3.63) is 64.0 Å². The number of hydrogen-bond acceptors (Lipinski definition) is 6. The Morgan fingerprint density at radius 2 is 1.84 bits per heavy atom. The number of hydrogen-bond donors (Lipinski definition) is 2. The fraction of sp³-hybridized carbons (Fsp3) is 0.348. The number of H-pyrrole nitrogens is 1. The summed E-state index contributed by atoms with van der Waals surface area (Å²) in [5.74, 6) is -2.28. The van der Waals surface area contributed by atoms with E-state index < -0.39 is 23.7 Å². The number of aliphatic hydroxyl groups excluding tert-OH is 1. The van der Waals surface area contributed by atoms with E-state index in [-0.39, 0.29) is 17.0 Å². The van der Waals surface area contributed by atoms with E-state index in [1.165, 1.54) is 12.0 Å². The number of likely N-dealkylation sites (tertiary alicyclic amines) is 1. The van der Waals surface area contributed by atoms with Gasteiger partial charge in [-0.15, -0.1) is 0 Å². The molecular weight excluding hydrogens is 398 g/mol. The van der Waals surface area contributed by atoms with E-state index in [0.717, 1.165) is 5.56 Å². The highest BCUT2D eigenvalue weighted by Crippen LogP contribution is 2.40. The van der Waals surface area contributed by atoms with Crippen LogP contribution in [0.4, 0.5) is 0 Å². The lowest BCUT2D eigenvalue weighted by molar-refractivity contribution is -0.140. The van der Waals surface area contributed by atoms with Gasteiger partial charge in [0.25, 0.3) is 11.7 Å². The Morgan fingerprint density at radius 3 is 2.42 bits per heavy atom. The molecule has 0 saturated carbocycles. The van der Waals surface area contributed by atoms with E-state index in [1.807, 2.05) is 49.3 Å². The summed E-state index contributed by atoms with van der Waals surface area (Å²) in [5.41, 5.74) is 2.21. The van der Waals surface area contributed by atoms with Gasteiger partial charge in [0, 0.05) is 24.3 Å². The fourth-order valence-corrected chi connectivity index (χ4v) is 3.95. The van der Waals surface area contributed by atoms with Gasteiger partial charge in [-0.2, -0.15) is 0 Å². The number of aryl methyl sites for hydroxylation is 1. The van der Waals surface area contributed by atoms with Crippen molar-refractivity contribution in [2.75, 3.05) is 34.3 Å². The van der Waals surface area contributed by atoms with E-state index in [2.05, 4.69) is 4.98 Å². The molecule has 8 heteroatoms. The number of nitrogens with one attached hydrogen (secondary N) is 1. The molecule has 8 nitrogen and oxygen atoms in total. The predicted octanol–water partition coefficient (Wildman–Crippen LogP) is 2.40. The summed E-state index contributed by atoms with van der Waals surface area (Å²) in [6.07, 6.45) is 0. The topological polar surface area (TPSA) is 103 Å². The summed E-state index contributed by atoms with van der Waals surface area (Å²) in [5, 5.41) is 11.3. The number of ketones is 1. The van der Waals surface area contributed by atoms with Crippen LogP contribution in [0.15, 0.2) is 35.9 Å². The Labute approximate surface area is 181 Å². The van der Waals surface area contributed by atoms with Gasteiger partial charge in [-0.1, -0.05) is 30.3 Å². The van der Waals surface area contributed by atoms with Crippen LogP contribution in [0.3, 0.4) is 0 Å². The summed E-state index contributed by atoms with van der Waals surface area (Å²) in [6, 6.07) is 8.41. The highest BCUT2D eigenvalue weighted by Gasteiger charge is 2.46. The largest absolute Gasteiger partial charge is 0.507 e. The van der Waals surface area contributed by atoms with Gasteiger partial charge in [0.15, 0.2) is 0 Å². The van der Waals surface area contributed by atoms with Crippen molar-refractivity contribution in [2.24, 2.45) is 0 Å². The molecule has 1 aliphatic rings. The van der Waals surface area contributed by atoms with Crippen LogP contribution < -0.4 is 0 Å². The van der Waals surface area contributed by atoms with Crippen LogP contribution in [0.2, 0.25) is 0 Å². The van der Waals surface area contributed by atoms with Crippen molar-refractivity contribution in [1.82, 2.24) is 14.8 Å². The summed E-state index contributed by atoms with van der Waals surface area (Å²) in [7, 11) is 5.03. The molecular formula is C23H27N3O5. The number of carbonyl (C=O) groups is 3. The average molecular weight is 425 g/mol. The van der Waals surface area contributed by atoms with Crippen LogP contribution >= 0.6 is 0 Å². The van der Waals surface area contributed by atoms with Crippen LogP contribution in [-0.2, 0) is 14.3 Å². The number of aromatic nitrogens is 1. The number of Topliss-reactive ketones (excluding diaryl/α,β-unsaturated/α-hetero) is 1. The average Bonchev–Trinajstić information content (AvgIpc) is 3.18. The SMILES string of the molecule is COC(=O)c1[nH]c(C)c(/C(O)=C2\C(=O)C(=O)N(CCN(C)C)[C@H]2c2ccccc2)c1C. The second-order valence-corrected chi connectivity index (χ2v) is 7.82. The Balaban J connectivity index is 2.20. The van der Waals surface area contributed by atoms with Crippen molar-refractivity contribution in [2.45, 2.75) is 19.9 Å². The van der Waals surface area contributed by atoms with E-state index in [1.54, 1.807) is 13.8 Å². The number of carbonyl (C=O) groups excluding carboxylic acids is 3. The molecule has 0 unspecified atom stereocenters. The van der Waals surface area contributed by atoms with Gasteiger partial charge in [0.2, 0.25) is 0 Å². The molecule has 1 fully saturated rings. The lowest BCUT2D eigenvalue weighted by Gasteiger charge is -2.26. The van der Waals surface area contributed by atoms with Crippen LogP contribution in [0.1, 0.15) is 38.9 Å². The molecule has 1 aliphatic heterocycles. The number of likely N-dealkylation sites (N-methyl/N-ethyl adjacent to an activating group) is 1. The molecule has 1 aromatic heterocycles. The third-order valence-electron chi connectivity index (χ3n) is 5.51. The Morgan fingerprint density at radius 1 is 1.19 bits per heavy atom. The predicted molar refractivity (Wildman–Crippen MR) is 116 cm³/mol. The van der Waals surface area contributed by atoms with Gasteiger partial charge in [-0.3, -0.25) is 9.59 Å². The molecule has 0 radical (unpaired) electrons. The van der Waals surface area contributed by atoms with E-state index in [0.29, 0.717) is 29.9 Å². The smallest absolute Gasteiger partial charge is 0.354 e. The lowest BCUT2D eigenvalue weighted by atomic mass is 9.94. The Bertz CT molecular complexity index is 1050. The number of aromatic amines is 1.